The maximum absolute atomic E-state index is 3.35. The molecule has 0 aliphatic rings. The molecule has 0 aromatic heterocycles. The van der Waals surface area contributed by atoms with Gasteiger partial charge in [0.15, 0.2) is 0 Å². The Hall–Kier alpha value is -0.820. The topological polar surface area (TPSA) is 12.0 Å². The molecule has 1 aromatic rings. The molecular formula is C12H19N. The lowest BCUT2D eigenvalue weighted by Crippen LogP contribution is -2.32. The summed E-state index contributed by atoms with van der Waals surface area (Å²) >= 11 is 0. The quantitative estimate of drug-likeness (QED) is 0.745. The van der Waals surface area contributed by atoms with E-state index in [4.69, 9.17) is 0 Å². The maximum atomic E-state index is 3.35. The summed E-state index contributed by atoms with van der Waals surface area (Å²) in [7, 11) is 2.04. The van der Waals surface area contributed by atoms with Crippen LogP contribution in [0.3, 0.4) is 0 Å². The van der Waals surface area contributed by atoms with E-state index in [2.05, 4.69) is 49.5 Å². The molecule has 0 saturated heterocycles. The van der Waals surface area contributed by atoms with Crippen LogP contribution in [0.25, 0.3) is 0 Å². The minimum atomic E-state index is 0.586. The van der Waals surface area contributed by atoms with Crippen molar-refractivity contribution in [2.45, 2.75) is 26.3 Å². The number of likely N-dealkylation sites (N-methyl/N-ethyl adjacent to an activating group) is 1. The van der Waals surface area contributed by atoms with Gasteiger partial charge in [0.05, 0.1) is 0 Å². The van der Waals surface area contributed by atoms with Crippen LogP contribution in [0.4, 0.5) is 0 Å². The van der Waals surface area contributed by atoms with Gasteiger partial charge in [0.25, 0.3) is 0 Å². The zero-order valence-corrected chi connectivity index (χ0v) is 8.75. The molecule has 0 radical (unpaired) electrons. The summed E-state index contributed by atoms with van der Waals surface area (Å²) in [4.78, 5) is 0. The van der Waals surface area contributed by atoms with Crippen molar-refractivity contribution < 1.29 is 0 Å². The van der Waals surface area contributed by atoms with Crippen molar-refractivity contribution >= 4 is 0 Å². The first-order valence-electron chi connectivity index (χ1n) is 4.95. The highest BCUT2D eigenvalue weighted by atomic mass is 14.9. The summed E-state index contributed by atoms with van der Waals surface area (Å²) in [6, 6.07) is 11.2. The Morgan fingerprint density at radius 1 is 1.15 bits per heavy atom. The SMILES string of the molecule is CN[C@@H](Cc1ccccc1)C(C)C. The van der Waals surface area contributed by atoms with Crippen molar-refractivity contribution in [3.8, 4) is 0 Å². The number of nitrogens with one attached hydrogen (secondary N) is 1. The van der Waals surface area contributed by atoms with Crippen molar-refractivity contribution in [1.82, 2.24) is 5.32 Å². The molecular weight excluding hydrogens is 158 g/mol. The van der Waals surface area contributed by atoms with Gasteiger partial charge in [-0.1, -0.05) is 44.2 Å². The van der Waals surface area contributed by atoms with Crippen LogP contribution in [0.1, 0.15) is 19.4 Å². The monoisotopic (exact) mass is 177 g/mol. The molecule has 1 heteroatoms. The van der Waals surface area contributed by atoms with Crippen LogP contribution in [0.5, 0.6) is 0 Å². The van der Waals surface area contributed by atoms with E-state index in [1.54, 1.807) is 0 Å². The number of hydrogen-bond donors (Lipinski definition) is 1. The Bertz CT molecular complexity index is 228. The Labute approximate surface area is 81.2 Å². The number of benzene rings is 1. The molecule has 72 valence electrons. The molecule has 0 heterocycles. The molecule has 0 aliphatic carbocycles. The molecule has 1 aromatic carbocycles. The van der Waals surface area contributed by atoms with E-state index in [-0.39, 0.29) is 0 Å². The normalized spacial score (nSPS) is 13.2. The van der Waals surface area contributed by atoms with E-state index < -0.39 is 0 Å². The second-order valence-electron chi connectivity index (χ2n) is 3.83. The van der Waals surface area contributed by atoms with Gasteiger partial charge >= 0.3 is 0 Å². The van der Waals surface area contributed by atoms with Gasteiger partial charge in [-0.25, -0.2) is 0 Å². The van der Waals surface area contributed by atoms with Crippen LogP contribution in [0.15, 0.2) is 30.3 Å². The van der Waals surface area contributed by atoms with Gasteiger partial charge in [-0.2, -0.15) is 0 Å². The highest BCUT2D eigenvalue weighted by Crippen LogP contribution is 2.09. The minimum Gasteiger partial charge on any atom is -0.316 e. The van der Waals surface area contributed by atoms with Gasteiger partial charge in [0.1, 0.15) is 0 Å². The van der Waals surface area contributed by atoms with Gasteiger partial charge in [0.2, 0.25) is 0 Å². The number of rotatable bonds is 4. The van der Waals surface area contributed by atoms with Crippen molar-refractivity contribution in [3.63, 3.8) is 0 Å². The average Bonchev–Trinajstić information content (AvgIpc) is 2.15. The Morgan fingerprint density at radius 3 is 2.23 bits per heavy atom. The maximum Gasteiger partial charge on any atom is 0.0127 e. The van der Waals surface area contributed by atoms with E-state index in [9.17, 15) is 0 Å². The largest absolute Gasteiger partial charge is 0.316 e. The van der Waals surface area contributed by atoms with Crippen molar-refractivity contribution in [3.05, 3.63) is 35.9 Å². The predicted octanol–water partition coefficient (Wildman–Crippen LogP) is 2.47. The first-order valence-corrected chi connectivity index (χ1v) is 4.95. The summed E-state index contributed by atoms with van der Waals surface area (Å²) in [6.07, 6.45) is 1.12. The summed E-state index contributed by atoms with van der Waals surface area (Å²) in [6.45, 7) is 4.51. The number of hydrogen-bond acceptors (Lipinski definition) is 1. The van der Waals surface area contributed by atoms with Gasteiger partial charge < -0.3 is 5.32 Å². The second-order valence-corrected chi connectivity index (χ2v) is 3.83. The Balaban J connectivity index is 2.57. The summed E-state index contributed by atoms with van der Waals surface area (Å²) in [5.41, 5.74) is 1.41. The lowest BCUT2D eigenvalue weighted by Gasteiger charge is -2.19. The molecule has 0 saturated carbocycles. The Morgan fingerprint density at radius 2 is 1.77 bits per heavy atom. The fraction of sp³-hybridized carbons (Fsp3) is 0.500. The van der Waals surface area contributed by atoms with Crippen molar-refractivity contribution in [2.75, 3.05) is 7.05 Å². The Kier molecular flexibility index (Phi) is 3.97. The molecule has 1 atom stereocenters. The fourth-order valence-corrected chi connectivity index (χ4v) is 1.54. The zero-order chi connectivity index (χ0) is 9.68. The first-order chi connectivity index (χ1) is 6.24. The molecule has 1 N–H and O–H groups in total. The molecule has 13 heavy (non-hydrogen) atoms. The van der Waals surface area contributed by atoms with E-state index in [1.165, 1.54) is 5.56 Å². The third kappa shape index (κ3) is 3.19. The first kappa shape index (κ1) is 10.3. The molecule has 0 bridgehead atoms. The van der Waals surface area contributed by atoms with E-state index in [0.29, 0.717) is 12.0 Å². The molecule has 0 amide bonds. The van der Waals surface area contributed by atoms with Gasteiger partial charge in [0, 0.05) is 6.04 Å². The standard InChI is InChI=1S/C12H19N/c1-10(2)12(13-3)9-11-7-5-4-6-8-11/h4-8,10,12-13H,9H2,1-3H3/t12-/m0/s1. The van der Waals surface area contributed by atoms with Crippen molar-refractivity contribution in [2.24, 2.45) is 5.92 Å². The third-order valence-electron chi connectivity index (χ3n) is 2.47. The highest BCUT2D eigenvalue weighted by Gasteiger charge is 2.10. The summed E-state index contributed by atoms with van der Waals surface area (Å²) < 4.78 is 0. The molecule has 1 nitrogen and oxygen atoms in total. The van der Waals surface area contributed by atoms with Crippen LogP contribution >= 0.6 is 0 Å². The fourth-order valence-electron chi connectivity index (χ4n) is 1.54. The molecule has 0 aliphatic heterocycles. The lowest BCUT2D eigenvalue weighted by molar-refractivity contribution is 0.424. The smallest absolute Gasteiger partial charge is 0.0127 e. The summed E-state index contributed by atoms with van der Waals surface area (Å²) in [5, 5.41) is 3.35. The molecule has 0 fully saturated rings. The van der Waals surface area contributed by atoms with E-state index in [1.807, 2.05) is 7.05 Å². The molecule has 0 unspecified atom stereocenters. The second kappa shape index (κ2) is 5.03. The average molecular weight is 177 g/mol. The minimum absolute atomic E-state index is 0.586. The highest BCUT2D eigenvalue weighted by molar-refractivity contribution is 5.15. The van der Waals surface area contributed by atoms with E-state index in [0.717, 1.165) is 6.42 Å². The summed E-state index contributed by atoms with van der Waals surface area (Å²) in [5.74, 6) is 0.685. The molecule has 0 spiro atoms. The third-order valence-corrected chi connectivity index (χ3v) is 2.47. The van der Waals surface area contributed by atoms with Crippen LogP contribution in [-0.4, -0.2) is 13.1 Å². The van der Waals surface area contributed by atoms with Crippen LogP contribution in [0.2, 0.25) is 0 Å². The van der Waals surface area contributed by atoms with Crippen LogP contribution in [0, 0.1) is 5.92 Å². The van der Waals surface area contributed by atoms with Crippen LogP contribution < -0.4 is 5.32 Å². The van der Waals surface area contributed by atoms with Gasteiger partial charge in [-0.05, 0) is 24.9 Å². The van der Waals surface area contributed by atoms with Crippen molar-refractivity contribution in [1.29, 1.82) is 0 Å². The lowest BCUT2D eigenvalue weighted by atomic mass is 9.97. The predicted molar refractivity (Wildman–Crippen MR) is 57.8 cm³/mol. The van der Waals surface area contributed by atoms with Gasteiger partial charge in [-0.3, -0.25) is 0 Å². The van der Waals surface area contributed by atoms with Gasteiger partial charge in [-0.15, -0.1) is 0 Å². The van der Waals surface area contributed by atoms with E-state index >= 15 is 0 Å². The molecule has 1 rings (SSSR count). The zero-order valence-electron chi connectivity index (χ0n) is 8.75. The van der Waals surface area contributed by atoms with Crippen LogP contribution in [-0.2, 0) is 6.42 Å².